The number of aliphatic hydroxyl groups excluding tert-OH is 3. The minimum Gasteiger partial charge on any atom is -0.493 e. The summed E-state index contributed by atoms with van der Waals surface area (Å²) < 4.78 is 78.4. The first-order chi connectivity index (χ1) is 42.2. The maximum Gasteiger partial charge on any atom is 0.411 e. The number of nitrogens with one attached hydrogen (secondary N) is 4. The van der Waals surface area contributed by atoms with Crippen molar-refractivity contribution in [2.24, 2.45) is 5.92 Å². The average molecular weight is 1310 g/mol. The number of Topliss-reactive ketones (excluding diaryl/α,β-unsaturated/α-hetero) is 1. The molecule has 2 amide bonds. The Kier molecular flexibility index (Phi) is 27.1. The summed E-state index contributed by atoms with van der Waals surface area (Å²) in [7, 11) is 11.1. The molecular formula is C59H80N4O21S4. The summed E-state index contributed by atoms with van der Waals surface area (Å²) in [6.45, 7) is 12.8. The van der Waals surface area contributed by atoms with Crippen LogP contribution in [0.1, 0.15) is 64.2 Å². The highest BCUT2D eigenvalue weighted by Gasteiger charge is 2.52. The molecule has 6 aliphatic rings. The van der Waals surface area contributed by atoms with Crippen molar-refractivity contribution < 1.29 is 101 Å². The molecule has 1 aromatic carbocycles. The maximum absolute atomic E-state index is 15.6. The number of carbonyl (C=O) groups excluding carboxylic acids is 4. The molecule has 25 nitrogen and oxygen atoms in total. The molecule has 2 bridgehead atoms. The normalized spacial score (nSPS) is 33.8. The summed E-state index contributed by atoms with van der Waals surface area (Å²) in [6, 6.07) is 1.54. The average Bonchev–Trinajstić information content (AvgIpc) is 2.03. The number of methoxy groups -OCH3 is 5. The molecule has 486 valence electrons. The summed E-state index contributed by atoms with van der Waals surface area (Å²) in [5.41, 5.74) is 2.71. The molecule has 7 rings (SSSR count). The Bertz CT molecular complexity index is 2830. The van der Waals surface area contributed by atoms with E-state index in [1.165, 1.54) is 95.7 Å². The topological polar surface area (TPSA) is 306 Å². The van der Waals surface area contributed by atoms with Crippen molar-refractivity contribution in [3.05, 3.63) is 65.1 Å². The van der Waals surface area contributed by atoms with Crippen molar-refractivity contribution in [1.29, 1.82) is 0 Å². The highest BCUT2D eigenvalue weighted by Crippen LogP contribution is 2.42. The molecule has 1 aromatic rings. The fraction of sp³-hybridized carbons (Fsp3) is 0.627. The van der Waals surface area contributed by atoms with Crippen molar-refractivity contribution >= 4 is 72.6 Å². The number of amides is 2. The van der Waals surface area contributed by atoms with Gasteiger partial charge in [-0.3, -0.25) is 19.7 Å². The lowest BCUT2D eigenvalue weighted by atomic mass is 9.76. The SMILES string of the molecule is C=C(OC)C(=O)Nc1cc(OC)c(OC)cc1C(=O)OC1CC(O[C@@H]2C(=O)C(NC(=O)OC)=C3/C(=C\CSSSC)[C@@H]2C#C/C=C\C#C[C@@H]3OC2OC(C)C(NOC3CC(O)C(SC)C(C)O3)C(O)C2OC2CC(OC)C(NC(C)C)CO2)OC(C)C1O. The molecule has 4 fully saturated rings. The molecule has 0 radical (unpaired) electrons. The number of anilines is 1. The third-order valence-corrected chi connectivity index (χ3v) is 20.1. The zero-order valence-corrected chi connectivity index (χ0v) is 54.3. The van der Waals surface area contributed by atoms with Gasteiger partial charge in [-0.15, -0.1) is 0 Å². The van der Waals surface area contributed by atoms with Crippen LogP contribution < -0.4 is 30.9 Å². The Morgan fingerprint density at radius 1 is 0.830 bits per heavy atom. The molecule has 16 unspecified atom stereocenters. The number of hydroxylamine groups is 1. The van der Waals surface area contributed by atoms with Crippen LogP contribution in [0.4, 0.5) is 10.5 Å². The number of fused-ring (bicyclic) bond motifs is 2. The highest BCUT2D eigenvalue weighted by atomic mass is 33.5. The lowest BCUT2D eigenvalue weighted by molar-refractivity contribution is -0.336. The monoisotopic (exact) mass is 1310 g/mol. The van der Waals surface area contributed by atoms with Crippen LogP contribution in [0.15, 0.2) is 59.5 Å². The van der Waals surface area contributed by atoms with Gasteiger partial charge < -0.3 is 87.5 Å². The summed E-state index contributed by atoms with van der Waals surface area (Å²) in [6.07, 6.45) is -9.36. The van der Waals surface area contributed by atoms with Gasteiger partial charge in [-0.25, -0.2) is 9.59 Å². The number of rotatable bonds is 25. The standard InChI is InChI=1S/C59H80N4O21S4/c1-28(2)60-37-27-76-44(25-40(37)72-8)82-54-51(66)48(63-84-46-24-38(64)55(85-12)31(5)78-46)29(3)79-58(54)81-39-19-17-15-14-16-18-34-33(20-21-87-88-86-13)47(39)49(62-59(70)75-11)52(67)53(34)83-45-26-43(50(65)30(4)77-45)80-57(69)35-22-41(73-9)42(74-10)23-36(35)61-56(68)32(6)71-7/h14-15,20,22-23,28-31,34,37-40,43-46,48,50-51,53-55,58,60,63-66H,6,21,24-27H2,1-5,7-13H3,(H,61,68)(H,62,70)/b15-14-,33-20-/t29?,30?,31?,34-,37?,38?,39-,40?,43?,44?,45?,46?,48?,50?,51?,53-,54?,55?,58?/m0/s1. The van der Waals surface area contributed by atoms with E-state index in [-0.39, 0.29) is 95.2 Å². The quantitative estimate of drug-likeness (QED) is 0.0137. The number of hydrogen-bond acceptors (Lipinski definition) is 27. The Morgan fingerprint density at radius 3 is 2.19 bits per heavy atom. The number of aliphatic hydroxyl groups is 3. The molecule has 2 aliphatic carbocycles. The lowest BCUT2D eigenvalue weighted by Crippen LogP contribution is -2.65. The largest absolute Gasteiger partial charge is 0.493 e. The van der Waals surface area contributed by atoms with E-state index in [1.54, 1.807) is 14.0 Å². The van der Waals surface area contributed by atoms with E-state index in [4.69, 9.17) is 66.4 Å². The van der Waals surface area contributed by atoms with Crippen LogP contribution in [0.2, 0.25) is 0 Å². The smallest absolute Gasteiger partial charge is 0.411 e. The minimum atomic E-state index is -1.58. The zero-order chi connectivity index (χ0) is 63.9. The van der Waals surface area contributed by atoms with Gasteiger partial charge in [0, 0.05) is 55.9 Å². The van der Waals surface area contributed by atoms with Crippen LogP contribution >= 0.6 is 43.2 Å². The van der Waals surface area contributed by atoms with Crippen molar-refractivity contribution in [1.82, 2.24) is 16.1 Å². The van der Waals surface area contributed by atoms with E-state index < -0.39 is 116 Å². The minimum absolute atomic E-state index is 0.0499. The third kappa shape index (κ3) is 17.7. The number of allylic oxidation sites excluding steroid dienone is 2. The number of alkyl carbamates (subject to hydrolysis) is 1. The Hall–Kier alpha value is -4.58. The Labute approximate surface area is 528 Å². The molecule has 0 spiro atoms. The van der Waals surface area contributed by atoms with Crippen molar-refractivity contribution in [3.8, 4) is 35.2 Å². The van der Waals surface area contributed by atoms with E-state index in [1.807, 2.05) is 39.4 Å². The molecule has 4 saturated heterocycles. The van der Waals surface area contributed by atoms with Crippen molar-refractivity contribution in [2.45, 2.75) is 170 Å². The van der Waals surface area contributed by atoms with Crippen LogP contribution in [0.25, 0.3) is 0 Å². The number of carbonyl (C=O) groups is 4. The molecule has 4 aliphatic heterocycles. The van der Waals surface area contributed by atoms with E-state index in [0.717, 1.165) is 7.11 Å². The molecule has 88 heavy (non-hydrogen) atoms. The first kappa shape index (κ1) is 70.9. The Balaban J connectivity index is 1.25. The highest BCUT2D eigenvalue weighted by molar-refractivity contribution is 9.09. The van der Waals surface area contributed by atoms with Crippen LogP contribution in [-0.4, -0.2) is 215 Å². The second-order valence-corrected chi connectivity index (χ2v) is 26.6. The molecule has 4 heterocycles. The van der Waals surface area contributed by atoms with E-state index in [9.17, 15) is 29.7 Å². The fourth-order valence-corrected chi connectivity index (χ4v) is 14.0. The van der Waals surface area contributed by atoms with Crippen LogP contribution in [0.3, 0.4) is 0 Å². The zero-order valence-electron chi connectivity index (χ0n) is 51.0. The summed E-state index contributed by atoms with van der Waals surface area (Å²) in [5, 5.41) is 43.5. The van der Waals surface area contributed by atoms with Gasteiger partial charge in [0.15, 0.2) is 42.4 Å². The van der Waals surface area contributed by atoms with Gasteiger partial charge in [-0.2, -0.15) is 17.2 Å². The van der Waals surface area contributed by atoms with Crippen LogP contribution in [-0.2, 0) is 66.5 Å². The first-order valence-electron chi connectivity index (χ1n) is 28.3. The summed E-state index contributed by atoms with van der Waals surface area (Å²) in [4.78, 5) is 62.4. The van der Waals surface area contributed by atoms with Gasteiger partial charge in [0.2, 0.25) is 5.78 Å². The lowest BCUT2D eigenvalue weighted by Gasteiger charge is -2.47. The van der Waals surface area contributed by atoms with Crippen LogP contribution in [0.5, 0.6) is 11.5 Å². The third-order valence-electron chi connectivity index (χ3n) is 15.1. The van der Waals surface area contributed by atoms with Gasteiger partial charge in [-0.1, -0.05) is 71.8 Å². The number of hydrogen-bond donors (Lipinski definition) is 7. The predicted octanol–water partition coefficient (Wildman–Crippen LogP) is 4.30. The molecule has 7 N–H and O–H groups in total. The predicted molar refractivity (Wildman–Crippen MR) is 328 cm³/mol. The molecule has 19 atom stereocenters. The maximum atomic E-state index is 15.6. The van der Waals surface area contributed by atoms with Gasteiger partial charge >= 0.3 is 12.1 Å². The molecular weight excluding hydrogens is 1230 g/mol. The first-order valence-corrected chi connectivity index (χ1v) is 33.7. The van der Waals surface area contributed by atoms with E-state index in [0.29, 0.717) is 11.3 Å². The second-order valence-electron chi connectivity index (χ2n) is 21.2. The van der Waals surface area contributed by atoms with Gasteiger partial charge in [0.25, 0.3) is 5.91 Å². The van der Waals surface area contributed by atoms with Gasteiger partial charge in [0.1, 0.15) is 36.6 Å². The van der Waals surface area contributed by atoms with Gasteiger partial charge in [0.05, 0.1) is 106 Å². The van der Waals surface area contributed by atoms with Crippen molar-refractivity contribution in [3.63, 3.8) is 0 Å². The number of ether oxygens (including phenoxy) is 13. The number of esters is 1. The van der Waals surface area contributed by atoms with E-state index in [2.05, 4.69) is 51.7 Å². The summed E-state index contributed by atoms with van der Waals surface area (Å²) in [5.74, 6) is 8.77. The molecule has 0 saturated carbocycles. The van der Waals surface area contributed by atoms with Crippen molar-refractivity contribution in [2.75, 3.05) is 65.7 Å². The fourth-order valence-electron chi connectivity index (χ4n) is 10.7. The molecule has 29 heteroatoms. The summed E-state index contributed by atoms with van der Waals surface area (Å²) >= 11 is 1.49. The van der Waals surface area contributed by atoms with E-state index >= 15 is 4.79 Å². The Morgan fingerprint density at radius 2 is 1.53 bits per heavy atom. The van der Waals surface area contributed by atoms with Gasteiger partial charge in [-0.05, 0) is 60.8 Å². The second kappa shape index (κ2) is 33.7. The van der Waals surface area contributed by atoms with Crippen LogP contribution in [0, 0.1) is 29.6 Å². The number of thioether (sulfide) groups is 1. The number of ketones is 1. The molecule has 0 aromatic heterocycles. The number of benzene rings is 1.